The highest BCUT2D eigenvalue weighted by Gasteiger charge is 2.28. The van der Waals surface area contributed by atoms with Crippen LogP contribution in [0.3, 0.4) is 0 Å². The Morgan fingerprint density at radius 1 is 1.30 bits per heavy atom. The third kappa shape index (κ3) is 4.03. The fraction of sp³-hybridized carbons (Fsp3) is 0.350. The SMILES string of the molecule is COc1ccc(CC(=O)N2CCC[C@@H](c3nnc(-c4cccs4)o3)C2)cc1. The molecule has 3 aromatic rings. The molecule has 1 saturated heterocycles. The molecule has 0 N–H and O–H groups in total. The Morgan fingerprint density at radius 2 is 2.15 bits per heavy atom. The zero-order valence-electron chi connectivity index (χ0n) is 15.1. The van der Waals surface area contributed by atoms with Crippen LogP contribution in [0, 0.1) is 0 Å². The lowest BCUT2D eigenvalue weighted by Gasteiger charge is -2.31. The van der Waals surface area contributed by atoms with Gasteiger partial charge < -0.3 is 14.1 Å². The van der Waals surface area contributed by atoms with Crippen molar-refractivity contribution in [1.29, 1.82) is 0 Å². The molecule has 1 aromatic carbocycles. The summed E-state index contributed by atoms with van der Waals surface area (Å²) in [6.45, 7) is 1.40. The van der Waals surface area contributed by atoms with Crippen molar-refractivity contribution in [2.75, 3.05) is 20.2 Å². The Bertz CT molecular complexity index is 890. The van der Waals surface area contributed by atoms with Crippen LogP contribution in [-0.2, 0) is 11.2 Å². The van der Waals surface area contributed by atoms with Crippen LogP contribution in [0.2, 0.25) is 0 Å². The molecule has 0 radical (unpaired) electrons. The summed E-state index contributed by atoms with van der Waals surface area (Å²) in [5.41, 5.74) is 0.987. The largest absolute Gasteiger partial charge is 0.497 e. The van der Waals surface area contributed by atoms with Gasteiger partial charge in [-0.25, -0.2) is 0 Å². The van der Waals surface area contributed by atoms with Crippen LogP contribution in [0.1, 0.15) is 30.2 Å². The molecule has 140 valence electrons. The van der Waals surface area contributed by atoms with Crippen molar-refractivity contribution >= 4 is 17.2 Å². The molecule has 3 heterocycles. The molecule has 7 heteroatoms. The number of aromatic nitrogens is 2. The molecule has 6 nitrogen and oxygen atoms in total. The summed E-state index contributed by atoms with van der Waals surface area (Å²) < 4.78 is 11.0. The molecule has 0 unspecified atom stereocenters. The smallest absolute Gasteiger partial charge is 0.257 e. The number of hydrogen-bond donors (Lipinski definition) is 0. The number of likely N-dealkylation sites (tertiary alicyclic amines) is 1. The fourth-order valence-electron chi connectivity index (χ4n) is 3.33. The maximum atomic E-state index is 12.7. The van der Waals surface area contributed by atoms with E-state index in [2.05, 4.69) is 10.2 Å². The molecule has 1 fully saturated rings. The topological polar surface area (TPSA) is 68.5 Å². The number of ether oxygens (including phenoxy) is 1. The summed E-state index contributed by atoms with van der Waals surface area (Å²) >= 11 is 1.58. The first-order valence-electron chi connectivity index (χ1n) is 9.01. The summed E-state index contributed by atoms with van der Waals surface area (Å²) in [6.07, 6.45) is 2.29. The van der Waals surface area contributed by atoms with E-state index in [4.69, 9.17) is 9.15 Å². The molecule has 0 bridgehead atoms. The maximum absolute atomic E-state index is 12.7. The molecular weight excluding hydrogens is 362 g/mol. The summed E-state index contributed by atoms with van der Waals surface area (Å²) in [4.78, 5) is 15.6. The van der Waals surface area contributed by atoms with Crippen LogP contribution in [0.15, 0.2) is 46.2 Å². The van der Waals surface area contributed by atoms with Gasteiger partial charge in [-0.15, -0.1) is 21.5 Å². The molecule has 1 aliphatic heterocycles. The number of hydrogen-bond acceptors (Lipinski definition) is 6. The Kier molecular flexibility index (Phi) is 5.20. The third-order valence-corrected chi connectivity index (χ3v) is 5.67. The molecule has 1 aliphatic rings. The Hall–Kier alpha value is -2.67. The van der Waals surface area contributed by atoms with Crippen molar-refractivity contribution in [2.24, 2.45) is 0 Å². The lowest BCUT2D eigenvalue weighted by Crippen LogP contribution is -2.40. The van der Waals surface area contributed by atoms with Gasteiger partial charge in [-0.2, -0.15) is 0 Å². The molecule has 27 heavy (non-hydrogen) atoms. The predicted molar refractivity (Wildman–Crippen MR) is 103 cm³/mol. The van der Waals surface area contributed by atoms with Crippen molar-refractivity contribution in [3.63, 3.8) is 0 Å². The van der Waals surface area contributed by atoms with E-state index >= 15 is 0 Å². The number of piperidine rings is 1. The standard InChI is InChI=1S/C20H21N3O3S/c1-25-16-8-6-14(7-9-16)12-18(24)23-10-2-4-15(13-23)19-21-22-20(26-19)17-5-3-11-27-17/h3,5-9,11,15H,2,4,10,12-13H2,1H3/t15-/m1/s1. The molecule has 4 rings (SSSR count). The van der Waals surface area contributed by atoms with Crippen LogP contribution >= 0.6 is 11.3 Å². The first kappa shape index (κ1) is 17.7. The Labute approximate surface area is 161 Å². The molecule has 1 atom stereocenters. The molecule has 0 spiro atoms. The van der Waals surface area contributed by atoms with Gasteiger partial charge in [-0.05, 0) is 42.0 Å². The van der Waals surface area contributed by atoms with Gasteiger partial charge in [0.15, 0.2) is 0 Å². The number of benzene rings is 1. The average Bonchev–Trinajstić information content (AvgIpc) is 3.40. The van der Waals surface area contributed by atoms with Gasteiger partial charge in [-0.1, -0.05) is 18.2 Å². The van der Waals surface area contributed by atoms with Gasteiger partial charge >= 0.3 is 0 Å². The summed E-state index contributed by atoms with van der Waals surface area (Å²) in [7, 11) is 1.63. The van der Waals surface area contributed by atoms with Gasteiger partial charge in [0.05, 0.1) is 24.3 Å². The minimum atomic E-state index is 0.0970. The van der Waals surface area contributed by atoms with Gasteiger partial charge in [0, 0.05) is 13.1 Å². The predicted octanol–water partition coefficient (Wildman–Crippen LogP) is 3.76. The lowest BCUT2D eigenvalue weighted by atomic mass is 9.97. The van der Waals surface area contributed by atoms with Crippen molar-refractivity contribution in [2.45, 2.75) is 25.2 Å². The first-order valence-corrected chi connectivity index (χ1v) is 9.89. The van der Waals surface area contributed by atoms with Crippen LogP contribution < -0.4 is 4.74 Å². The second-order valence-electron chi connectivity index (χ2n) is 6.63. The monoisotopic (exact) mass is 383 g/mol. The average molecular weight is 383 g/mol. The van der Waals surface area contributed by atoms with E-state index in [0.29, 0.717) is 24.7 Å². The second kappa shape index (κ2) is 7.92. The van der Waals surface area contributed by atoms with Crippen molar-refractivity contribution in [3.05, 3.63) is 53.2 Å². The highest BCUT2D eigenvalue weighted by molar-refractivity contribution is 7.13. The van der Waals surface area contributed by atoms with Crippen LogP contribution in [-0.4, -0.2) is 41.2 Å². The molecular formula is C20H21N3O3S. The zero-order valence-corrected chi connectivity index (χ0v) is 15.9. The number of thiophene rings is 1. The summed E-state index contributed by atoms with van der Waals surface area (Å²) in [6, 6.07) is 11.6. The number of rotatable bonds is 5. The van der Waals surface area contributed by atoms with E-state index in [9.17, 15) is 4.79 Å². The van der Waals surface area contributed by atoms with E-state index in [1.807, 2.05) is 46.7 Å². The quantitative estimate of drug-likeness (QED) is 0.671. The number of carbonyl (C=O) groups excluding carboxylic acids is 1. The van der Waals surface area contributed by atoms with Crippen LogP contribution in [0.4, 0.5) is 0 Å². The lowest BCUT2D eigenvalue weighted by molar-refractivity contribution is -0.131. The minimum Gasteiger partial charge on any atom is -0.497 e. The molecule has 1 amide bonds. The number of methoxy groups -OCH3 is 1. The van der Waals surface area contributed by atoms with Crippen LogP contribution in [0.25, 0.3) is 10.8 Å². The Morgan fingerprint density at radius 3 is 2.89 bits per heavy atom. The molecule has 0 saturated carbocycles. The highest BCUT2D eigenvalue weighted by Crippen LogP contribution is 2.30. The normalized spacial score (nSPS) is 17.1. The molecule has 0 aliphatic carbocycles. The number of amides is 1. The molecule has 2 aromatic heterocycles. The summed E-state index contributed by atoms with van der Waals surface area (Å²) in [5.74, 6) is 2.20. The van der Waals surface area contributed by atoms with Crippen molar-refractivity contribution in [3.8, 4) is 16.5 Å². The van der Waals surface area contributed by atoms with Crippen molar-refractivity contribution in [1.82, 2.24) is 15.1 Å². The fourth-order valence-corrected chi connectivity index (χ4v) is 3.98. The highest BCUT2D eigenvalue weighted by atomic mass is 32.1. The van der Waals surface area contributed by atoms with E-state index < -0.39 is 0 Å². The third-order valence-electron chi connectivity index (χ3n) is 4.81. The van der Waals surface area contributed by atoms with E-state index in [1.165, 1.54) is 0 Å². The number of nitrogens with zero attached hydrogens (tertiary/aromatic N) is 3. The summed E-state index contributed by atoms with van der Waals surface area (Å²) in [5, 5.41) is 10.4. The van der Waals surface area contributed by atoms with E-state index in [-0.39, 0.29) is 11.8 Å². The van der Waals surface area contributed by atoms with Crippen molar-refractivity contribution < 1.29 is 13.9 Å². The van der Waals surface area contributed by atoms with Gasteiger partial charge in [0.1, 0.15) is 5.75 Å². The van der Waals surface area contributed by atoms with E-state index in [1.54, 1.807) is 18.4 Å². The maximum Gasteiger partial charge on any atom is 0.257 e. The second-order valence-corrected chi connectivity index (χ2v) is 7.57. The van der Waals surface area contributed by atoms with Gasteiger partial charge in [-0.3, -0.25) is 4.79 Å². The van der Waals surface area contributed by atoms with Crippen LogP contribution in [0.5, 0.6) is 5.75 Å². The van der Waals surface area contributed by atoms with Gasteiger partial charge in [0.2, 0.25) is 11.8 Å². The zero-order chi connectivity index (χ0) is 18.6. The first-order chi connectivity index (χ1) is 13.2. The van der Waals surface area contributed by atoms with Gasteiger partial charge in [0.25, 0.3) is 5.89 Å². The van der Waals surface area contributed by atoms with E-state index in [0.717, 1.165) is 35.6 Å². The minimum absolute atomic E-state index is 0.0970. The Balaban J connectivity index is 1.40. The number of carbonyl (C=O) groups is 1.